The minimum atomic E-state index is 0.190. The standard InChI is InChI=1S/C13H26N2O/c1-9(2)14(6)13(16)12-8-15(10(3)4)7-11(12)5/h9-12H,7-8H2,1-6H3. The van der Waals surface area contributed by atoms with Crippen molar-refractivity contribution in [2.24, 2.45) is 11.8 Å². The highest BCUT2D eigenvalue weighted by Gasteiger charge is 2.37. The molecular formula is C13H26N2O. The van der Waals surface area contributed by atoms with Crippen LogP contribution in [-0.2, 0) is 4.79 Å². The van der Waals surface area contributed by atoms with Gasteiger partial charge in [0.15, 0.2) is 0 Å². The number of nitrogens with zero attached hydrogens (tertiary/aromatic N) is 2. The molecule has 1 aliphatic heterocycles. The van der Waals surface area contributed by atoms with E-state index in [1.54, 1.807) is 0 Å². The average Bonchev–Trinajstić information content (AvgIpc) is 2.58. The Balaban J connectivity index is 2.64. The fraction of sp³-hybridized carbons (Fsp3) is 0.923. The molecule has 0 aliphatic carbocycles. The van der Waals surface area contributed by atoms with Gasteiger partial charge in [0.05, 0.1) is 5.92 Å². The van der Waals surface area contributed by atoms with E-state index < -0.39 is 0 Å². The average molecular weight is 226 g/mol. The maximum Gasteiger partial charge on any atom is 0.227 e. The van der Waals surface area contributed by atoms with E-state index in [1.807, 2.05) is 11.9 Å². The SMILES string of the molecule is CC1CN(C(C)C)CC1C(=O)N(C)C(C)C. The molecule has 94 valence electrons. The van der Waals surface area contributed by atoms with Gasteiger partial charge in [0.25, 0.3) is 0 Å². The summed E-state index contributed by atoms with van der Waals surface area (Å²) in [6.07, 6.45) is 0. The molecule has 0 N–H and O–H groups in total. The van der Waals surface area contributed by atoms with Crippen LogP contribution in [0.3, 0.4) is 0 Å². The number of rotatable bonds is 3. The van der Waals surface area contributed by atoms with Crippen molar-refractivity contribution in [1.82, 2.24) is 9.80 Å². The van der Waals surface area contributed by atoms with Crippen LogP contribution in [0.2, 0.25) is 0 Å². The maximum atomic E-state index is 12.3. The Morgan fingerprint density at radius 2 is 1.81 bits per heavy atom. The lowest BCUT2D eigenvalue weighted by atomic mass is 9.96. The minimum absolute atomic E-state index is 0.190. The lowest BCUT2D eigenvalue weighted by molar-refractivity contribution is -0.136. The Morgan fingerprint density at radius 3 is 2.19 bits per heavy atom. The second-order valence-electron chi connectivity index (χ2n) is 5.67. The lowest BCUT2D eigenvalue weighted by Gasteiger charge is -2.26. The Bertz CT molecular complexity index is 250. The van der Waals surface area contributed by atoms with Gasteiger partial charge in [-0.05, 0) is 33.6 Å². The monoisotopic (exact) mass is 226 g/mol. The van der Waals surface area contributed by atoms with Crippen LogP contribution in [0.25, 0.3) is 0 Å². The molecule has 3 nitrogen and oxygen atoms in total. The third kappa shape index (κ3) is 2.76. The van der Waals surface area contributed by atoms with Crippen LogP contribution in [0.15, 0.2) is 0 Å². The summed E-state index contributed by atoms with van der Waals surface area (Å²) in [4.78, 5) is 16.5. The zero-order chi connectivity index (χ0) is 12.5. The van der Waals surface area contributed by atoms with Gasteiger partial charge >= 0.3 is 0 Å². The van der Waals surface area contributed by atoms with Gasteiger partial charge in [0.2, 0.25) is 5.91 Å². The van der Waals surface area contributed by atoms with Crippen LogP contribution in [0, 0.1) is 11.8 Å². The van der Waals surface area contributed by atoms with Crippen molar-refractivity contribution in [3.05, 3.63) is 0 Å². The molecule has 0 saturated carbocycles. The van der Waals surface area contributed by atoms with Crippen molar-refractivity contribution in [2.75, 3.05) is 20.1 Å². The molecule has 0 aromatic rings. The van der Waals surface area contributed by atoms with Crippen LogP contribution in [0.1, 0.15) is 34.6 Å². The predicted molar refractivity (Wildman–Crippen MR) is 67.3 cm³/mol. The molecule has 2 atom stereocenters. The van der Waals surface area contributed by atoms with Gasteiger partial charge in [-0.3, -0.25) is 9.69 Å². The second kappa shape index (κ2) is 5.17. The van der Waals surface area contributed by atoms with Gasteiger partial charge in [0.1, 0.15) is 0 Å². The van der Waals surface area contributed by atoms with E-state index in [0.717, 1.165) is 13.1 Å². The molecule has 0 radical (unpaired) electrons. The van der Waals surface area contributed by atoms with Gasteiger partial charge in [-0.2, -0.15) is 0 Å². The van der Waals surface area contributed by atoms with Gasteiger partial charge in [-0.25, -0.2) is 0 Å². The Kier molecular flexibility index (Phi) is 4.36. The van der Waals surface area contributed by atoms with Crippen LogP contribution in [0.5, 0.6) is 0 Å². The van der Waals surface area contributed by atoms with E-state index >= 15 is 0 Å². The van der Waals surface area contributed by atoms with E-state index in [2.05, 4.69) is 39.5 Å². The van der Waals surface area contributed by atoms with Crippen LogP contribution >= 0.6 is 0 Å². The number of carbonyl (C=O) groups excluding carboxylic acids is 1. The molecule has 0 aromatic carbocycles. The summed E-state index contributed by atoms with van der Waals surface area (Å²) in [5.41, 5.74) is 0. The third-order valence-electron chi connectivity index (χ3n) is 3.81. The smallest absolute Gasteiger partial charge is 0.227 e. The summed E-state index contributed by atoms with van der Waals surface area (Å²) in [6.45, 7) is 12.7. The number of amides is 1. The van der Waals surface area contributed by atoms with Crippen molar-refractivity contribution in [1.29, 1.82) is 0 Å². The zero-order valence-electron chi connectivity index (χ0n) is 11.5. The van der Waals surface area contributed by atoms with Crippen molar-refractivity contribution in [3.63, 3.8) is 0 Å². The largest absolute Gasteiger partial charge is 0.343 e. The highest BCUT2D eigenvalue weighted by Crippen LogP contribution is 2.26. The molecule has 1 heterocycles. The van der Waals surface area contributed by atoms with Crippen LogP contribution < -0.4 is 0 Å². The van der Waals surface area contributed by atoms with E-state index in [9.17, 15) is 4.79 Å². The summed E-state index contributed by atoms with van der Waals surface area (Å²) < 4.78 is 0. The lowest BCUT2D eigenvalue weighted by Crippen LogP contribution is -2.40. The second-order valence-corrected chi connectivity index (χ2v) is 5.67. The van der Waals surface area contributed by atoms with E-state index in [0.29, 0.717) is 23.9 Å². The normalized spacial score (nSPS) is 26.8. The summed E-state index contributed by atoms with van der Waals surface area (Å²) in [5.74, 6) is 0.983. The van der Waals surface area contributed by atoms with Crippen molar-refractivity contribution in [3.8, 4) is 0 Å². The van der Waals surface area contributed by atoms with Crippen molar-refractivity contribution in [2.45, 2.75) is 46.7 Å². The quantitative estimate of drug-likeness (QED) is 0.733. The fourth-order valence-electron chi connectivity index (χ4n) is 2.26. The topological polar surface area (TPSA) is 23.6 Å². The van der Waals surface area contributed by atoms with Gasteiger partial charge in [-0.1, -0.05) is 6.92 Å². The van der Waals surface area contributed by atoms with Gasteiger partial charge < -0.3 is 4.90 Å². The highest BCUT2D eigenvalue weighted by atomic mass is 16.2. The van der Waals surface area contributed by atoms with E-state index in [4.69, 9.17) is 0 Å². The molecule has 0 aromatic heterocycles. The summed E-state index contributed by atoms with van der Waals surface area (Å²) >= 11 is 0. The van der Waals surface area contributed by atoms with Gasteiger partial charge in [0, 0.05) is 32.2 Å². The van der Waals surface area contributed by atoms with Crippen LogP contribution in [0.4, 0.5) is 0 Å². The summed E-state index contributed by atoms with van der Waals surface area (Å²) in [7, 11) is 1.91. The van der Waals surface area contributed by atoms with Gasteiger partial charge in [-0.15, -0.1) is 0 Å². The molecule has 16 heavy (non-hydrogen) atoms. The first-order valence-corrected chi connectivity index (χ1v) is 6.35. The molecule has 1 aliphatic rings. The molecule has 0 bridgehead atoms. The number of likely N-dealkylation sites (tertiary alicyclic amines) is 1. The first-order valence-electron chi connectivity index (χ1n) is 6.35. The van der Waals surface area contributed by atoms with Crippen molar-refractivity contribution >= 4 is 5.91 Å². The molecule has 2 unspecified atom stereocenters. The molecule has 1 amide bonds. The Morgan fingerprint density at radius 1 is 1.25 bits per heavy atom. The van der Waals surface area contributed by atoms with E-state index in [-0.39, 0.29) is 5.92 Å². The molecule has 1 fully saturated rings. The first kappa shape index (κ1) is 13.5. The summed E-state index contributed by atoms with van der Waals surface area (Å²) in [5, 5.41) is 0. The maximum absolute atomic E-state index is 12.3. The predicted octanol–water partition coefficient (Wildman–Crippen LogP) is 1.83. The molecule has 3 heteroatoms. The molecule has 0 spiro atoms. The molecule has 1 rings (SSSR count). The number of hydrogen-bond acceptors (Lipinski definition) is 2. The number of hydrogen-bond donors (Lipinski definition) is 0. The van der Waals surface area contributed by atoms with E-state index in [1.165, 1.54) is 0 Å². The zero-order valence-corrected chi connectivity index (χ0v) is 11.5. The highest BCUT2D eigenvalue weighted by molar-refractivity contribution is 5.79. The Labute approximate surface area is 99.8 Å². The fourth-order valence-corrected chi connectivity index (χ4v) is 2.26. The molecular weight excluding hydrogens is 200 g/mol. The number of carbonyl (C=O) groups is 1. The molecule has 1 saturated heterocycles. The van der Waals surface area contributed by atoms with Crippen molar-refractivity contribution < 1.29 is 4.79 Å². The minimum Gasteiger partial charge on any atom is -0.343 e. The first-order chi connectivity index (χ1) is 7.34. The Hall–Kier alpha value is -0.570. The van der Waals surface area contributed by atoms with Crippen LogP contribution in [-0.4, -0.2) is 47.9 Å². The summed E-state index contributed by atoms with van der Waals surface area (Å²) in [6, 6.07) is 0.845. The third-order valence-corrected chi connectivity index (χ3v) is 3.81.